The van der Waals surface area contributed by atoms with Crippen LogP contribution in [0.2, 0.25) is 0 Å². The van der Waals surface area contributed by atoms with E-state index in [0.29, 0.717) is 30.6 Å². The lowest BCUT2D eigenvalue weighted by Crippen LogP contribution is -2.31. The SMILES string of the molecule is Cc1cc(CC2CN(C(=O)c3cc4cc(F)ccc4n3C)CC2O)n[nH]1. The van der Waals surface area contributed by atoms with Crippen molar-refractivity contribution in [3.05, 3.63) is 53.2 Å². The van der Waals surface area contributed by atoms with Crippen molar-refractivity contribution in [1.29, 1.82) is 0 Å². The first-order valence-corrected chi connectivity index (χ1v) is 8.65. The highest BCUT2D eigenvalue weighted by atomic mass is 19.1. The number of β-amino-alcohol motifs (C(OH)–C–C–N with tert-alkyl or cyclic N) is 1. The number of aryl methyl sites for hydroxylation is 2. The number of likely N-dealkylation sites (tertiary alicyclic amines) is 1. The highest BCUT2D eigenvalue weighted by Gasteiger charge is 2.35. The molecule has 2 unspecified atom stereocenters. The van der Waals surface area contributed by atoms with Crippen molar-refractivity contribution in [3.63, 3.8) is 0 Å². The number of aliphatic hydroxyl groups excluding tert-OH is 1. The molecule has 1 saturated heterocycles. The second kappa shape index (κ2) is 6.25. The number of fused-ring (bicyclic) bond motifs is 1. The van der Waals surface area contributed by atoms with Gasteiger partial charge in [0.15, 0.2) is 0 Å². The molecule has 2 atom stereocenters. The van der Waals surface area contributed by atoms with Gasteiger partial charge in [0.25, 0.3) is 5.91 Å². The van der Waals surface area contributed by atoms with Crippen LogP contribution in [0, 0.1) is 18.7 Å². The van der Waals surface area contributed by atoms with Gasteiger partial charge in [0.1, 0.15) is 11.5 Å². The number of benzene rings is 1. The van der Waals surface area contributed by atoms with E-state index in [2.05, 4.69) is 10.2 Å². The third kappa shape index (κ3) is 2.88. The Bertz CT molecular complexity index is 977. The Morgan fingerprint density at radius 2 is 2.15 bits per heavy atom. The van der Waals surface area contributed by atoms with Gasteiger partial charge < -0.3 is 14.6 Å². The summed E-state index contributed by atoms with van der Waals surface area (Å²) in [5, 5.41) is 18.2. The highest BCUT2D eigenvalue weighted by molar-refractivity contribution is 5.98. The lowest BCUT2D eigenvalue weighted by Gasteiger charge is -2.16. The van der Waals surface area contributed by atoms with E-state index in [9.17, 15) is 14.3 Å². The number of aliphatic hydroxyl groups is 1. The van der Waals surface area contributed by atoms with Crippen LogP contribution in [-0.2, 0) is 13.5 Å². The summed E-state index contributed by atoms with van der Waals surface area (Å²) in [6, 6.07) is 8.14. The standard InChI is InChI=1S/C19H21FN4O2/c1-11-5-15(22-21-11)7-13-9-24(10-18(13)25)19(26)17-8-12-6-14(20)3-4-16(12)23(17)2/h3-6,8,13,18,25H,7,9-10H2,1-2H3,(H,21,22). The summed E-state index contributed by atoms with van der Waals surface area (Å²) < 4.78 is 15.2. The average Bonchev–Trinajstić information content (AvgIpc) is 3.26. The molecule has 0 bridgehead atoms. The molecule has 1 fully saturated rings. The molecule has 3 heterocycles. The van der Waals surface area contributed by atoms with Crippen molar-refractivity contribution in [3.8, 4) is 0 Å². The zero-order valence-electron chi connectivity index (χ0n) is 14.7. The molecule has 0 aliphatic carbocycles. The van der Waals surface area contributed by atoms with E-state index in [1.165, 1.54) is 12.1 Å². The van der Waals surface area contributed by atoms with Gasteiger partial charge in [-0.1, -0.05) is 0 Å². The number of carbonyl (C=O) groups excluding carboxylic acids is 1. The molecule has 1 aliphatic rings. The van der Waals surface area contributed by atoms with E-state index in [0.717, 1.165) is 16.9 Å². The number of hydrogen-bond donors (Lipinski definition) is 2. The van der Waals surface area contributed by atoms with Crippen molar-refractivity contribution < 1.29 is 14.3 Å². The Labute approximate surface area is 150 Å². The summed E-state index contributed by atoms with van der Waals surface area (Å²) in [7, 11) is 1.80. The molecule has 3 aromatic rings. The molecule has 1 aromatic carbocycles. The second-order valence-corrected chi connectivity index (χ2v) is 7.08. The molecule has 6 nitrogen and oxygen atoms in total. The Morgan fingerprint density at radius 1 is 1.35 bits per heavy atom. The number of halogens is 1. The molecule has 0 spiro atoms. The van der Waals surface area contributed by atoms with Crippen molar-refractivity contribution >= 4 is 16.8 Å². The van der Waals surface area contributed by atoms with Gasteiger partial charge in [0.2, 0.25) is 0 Å². The van der Waals surface area contributed by atoms with Gasteiger partial charge in [-0.2, -0.15) is 5.10 Å². The van der Waals surface area contributed by atoms with Gasteiger partial charge in [0, 0.05) is 42.7 Å². The van der Waals surface area contributed by atoms with Crippen LogP contribution in [0.25, 0.3) is 10.9 Å². The number of nitrogens with zero attached hydrogens (tertiary/aromatic N) is 3. The van der Waals surface area contributed by atoms with Crippen LogP contribution in [0.5, 0.6) is 0 Å². The predicted molar refractivity (Wildman–Crippen MR) is 95.3 cm³/mol. The first kappa shape index (κ1) is 16.8. The molecule has 1 amide bonds. The van der Waals surface area contributed by atoms with Gasteiger partial charge in [-0.25, -0.2) is 4.39 Å². The van der Waals surface area contributed by atoms with Crippen LogP contribution in [0.15, 0.2) is 30.3 Å². The first-order chi connectivity index (χ1) is 12.4. The fourth-order valence-electron chi connectivity index (χ4n) is 3.76. The van der Waals surface area contributed by atoms with Crippen molar-refractivity contribution in [2.24, 2.45) is 13.0 Å². The Morgan fingerprint density at radius 3 is 2.88 bits per heavy atom. The van der Waals surface area contributed by atoms with E-state index >= 15 is 0 Å². The number of aromatic amines is 1. The molecule has 26 heavy (non-hydrogen) atoms. The fraction of sp³-hybridized carbons (Fsp3) is 0.368. The summed E-state index contributed by atoms with van der Waals surface area (Å²) in [4.78, 5) is 14.6. The Kier molecular flexibility index (Phi) is 4.03. The minimum atomic E-state index is -0.580. The largest absolute Gasteiger partial charge is 0.391 e. The number of aromatic nitrogens is 3. The predicted octanol–water partition coefficient (Wildman–Crippen LogP) is 2.02. The van der Waals surface area contributed by atoms with Crippen LogP contribution in [0.1, 0.15) is 21.9 Å². The summed E-state index contributed by atoms with van der Waals surface area (Å²) >= 11 is 0. The summed E-state index contributed by atoms with van der Waals surface area (Å²) in [5.41, 5.74) is 3.16. The summed E-state index contributed by atoms with van der Waals surface area (Å²) in [6.07, 6.45) is 0.0402. The average molecular weight is 356 g/mol. The molecule has 0 saturated carbocycles. The van der Waals surface area contributed by atoms with Crippen LogP contribution in [-0.4, -0.2) is 49.9 Å². The molecule has 1 aliphatic heterocycles. The zero-order valence-corrected chi connectivity index (χ0v) is 14.7. The number of H-pyrrole nitrogens is 1. The molecule has 2 N–H and O–H groups in total. The van der Waals surface area contributed by atoms with Crippen molar-refractivity contribution in [2.45, 2.75) is 19.4 Å². The van der Waals surface area contributed by atoms with E-state index in [4.69, 9.17) is 0 Å². The zero-order chi connectivity index (χ0) is 18.4. The van der Waals surface area contributed by atoms with E-state index in [1.807, 2.05) is 13.0 Å². The second-order valence-electron chi connectivity index (χ2n) is 7.08. The normalized spacial score (nSPS) is 20.2. The number of amides is 1. The first-order valence-electron chi connectivity index (χ1n) is 8.65. The molecule has 4 rings (SSSR count). The van der Waals surface area contributed by atoms with Gasteiger partial charge in [-0.05, 0) is 43.7 Å². The Balaban J connectivity index is 1.54. The van der Waals surface area contributed by atoms with Gasteiger partial charge in [0.05, 0.1) is 11.8 Å². The topological polar surface area (TPSA) is 74.2 Å². The quantitative estimate of drug-likeness (QED) is 0.754. The van der Waals surface area contributed by atoms with Gasteiger partial charge >= 0.3 is 0 Å². The molecular formula is C19H21FN4O2. The molecule has 2 aromatic heterocycles. The number of carbonyl (C=O) groups is 1. The van der Waals surface area contributed by atoms with Crippen LogP contribution < -0.4 is 0 Å². The van der Waals surface area contributed by atoms with Crippen molar-refractivity contribution in [2.75, 3.05) is 13.1 Å². The molecular weight excluding hydrogens is 335 g/mol. The van der Waals surface area contributed by atoms with Crippen LogP contribution in [0.4, 0.5) is 4.39 Å². The van der Waals surface area contributed by atoms with E-state index < -0.39 is 6.10 Å². The minimum Gasteiger partial charge on any atom is -0.391 e. The molecule has 136 valence electrons. The van der Waals surface area contributed by atoms with Crippen molar-refractivity contribution in [1.82, 2.24) is 19.7 Å². The third-order valence-corrected chi connectivity index (χ3v) is 5.15. The molecule has 0 radical (unpaired) electrons. The lowest BCUT2D eigenvalue weighted by molar-refractivity contribution is 0.0756. The van der Waals surface area contributed by atoms with E-state index in [1.54, 1.807) is 28.6 Å². The van der Waals surface area contributed by atoms with Gasteiger partial charge in [-0.15, -0.1) is 0 Å². The Hall–Kier alpha value is -2.67. The highest BCUT2D eigenvalue weighted by Crippen LogP contribution is 2.25. The molecule has 7 heteroatoms. The van der Waals surface area contributed by atoms with Gasteiger partial charge in [-0.3, -0.25) is 9.89 Å². The van der Waals surface area contributed by atoms with E-state index in [-0.39, 0.29) is 17.6 Å². The summed E-state index contributed by atoms with van der Waals surface area (Å²) in [6.45, 7) is 2.70. The number of nitrogens with one attached hydrogen (secondary N) is 1. The maximum Gasteiger partial charge on any atom is 0.270 e. The lowest BCUT2D eigenvalue weighted by atomic mass is 10.0. The fourth-order valence-corrected chi connectivity index (χ4v) is 3.76. The van der Waals surface area contributed by atoms with Crippen LogP contribution in [0.3, 0.4) is 0 Å². The maximum absolute atomic E-state index is 13.4. The third-order valence-electron chi connectivity index (χ3n) is 5.15. The smallest absolute Gasteiger partial charge is 0.270 e. The maximum atomic E-state index is 13.4. The monoisotopic (exact) mass is 356 g/mol. The number of rotatable bonds is 3. The summed E-state index contributed by atoms with van der Waals surface area (Å²) in [5.74, 6) is -0.523. The number of hydrogen-bond acceptors (Lipinski definition) is 3. The van der Waals surface area contributed by atoms with Crippen LogP contribution >= 0.6 is 0 Å². The minimum absolute atomic E-state index is 0.0474.